The summed E-state index contributed by atoms with van der Waals surface area (Å²) in [6.45, 7) is 0.0416. The summed E-state index contributed by atoms with van der Waals surface area (Å²) >= 11 is 0. The Morgan fingerprint density at radius 2 is 1.65 bits per heavy atom. The highest BCUT2D eigenvalue weighted by molar-refractivity contribution is 7.89. The number of methoxy groups -OCH3 is 1. The van der Waals surface area contributed by atoms with Gasteiger partial charge in [-0.1, -0.05) is 36.4 Å². The van der Waals surface area contributed by atoms with E-state index >= 15 is 0 Å². The Labute approximate surface area is 180 Å². The molecule has 1 N–H and O–H groups in total. The number of hydrogen-bond acceptors (Lipinski definition) is 4. The predicted octanol–water partition coefficient (Wildman–Crippen LogP) is 3.59. The lowest BCUT2D eigenvalue weighted by molar-refractivity contribution is -0.120. The number of carbonyl (C=O) groups excluding carboxylic acids is 1. The van der Waals surface area contributed by atoms with Crippen LogP contribution in [-0.4, -0.2) is 31.8 Å². The molecule has 1 amide bonds. The maximum atomic E-state index is 13.4. The van der Waals surface area contributed by atoms with Gasteiger partial charge in [-0.15, -0.1) is 0 Å². The van der Waals surface area contributed by atoms with Crippen molar-refractivity contribution in [2.45, 2.75) is 23.9 Å². The van der Waals surface area contributed by atoms with Crippen molar-refractivity contribution in [1.82, 2.24) is 4.31 Å². The summed E-state index contributed by atoms with van der Waals surface area (Å²) in [7, 11) is -2.56. The number of fused-ring (bicyclic) bond motifs is 1. The molecule has 0 unspecified atom stereocenters. The summed E-state index contributed by atoms with van der Waals surface area (Å²) in [5.41, 5.74) is 2.19. The number of amides is 1. The Kier molecular flexibility index (Phi) is 5.75. The molecule has 3 aromatic carbocycles. The first kappa shape index (κ1) is 21.0. The number of sulfonamides is 1. The second kappa shape index (κ2) is 8.49. The number of nitrogens with zero attached hydrogens (tertiary/aromatic N) is 1. The van der Waals surface area contributed by atoms with Gasteiger partial charge in [-0.3, -0.25) is 4.79 Å². The van der Waals surface area contributed by atoms with Crippen molar-refractivity contribution in [3.05, 3.63) is 89.7 Å². The zero-order valence-corrected chi connectivity index (χ0v) is 17.6. The molecular weight excluding hydrogens is 419 g/mol. The molecule has 4 rings (SSSR count). The van der Waals surface area contributed by atoms with Crippen molar-refractivity contribution in [3.63, 3.8) is 0 Å². The van der Waals surface area contributed by atoms with E-state index in [2.05, 4.69) is 5.32 Å². The smallest absolute Gasteiger partial charge is 0.244 e. The maximum Gasteiger partial charge on any atom is 0.244 e. The van der Waals surface area contributed by atoms with E-state index in [1.807, 2.05) is 24.3 Å². The third-order valence-corrected chi connectivity index (χ3v) is 7.16. The van der Waals surface area contributed by atoms with Gasteiger partial charge in [0.1, 0.15) is 17.6 Å². The minimum absolute atomic E-state index is 0.0416. The zero-order chi connectivity index (χ0) is 22.0. The van der Waals surface area contributed by atoms with Crippen molar-refractivity contribution < 1.29 is 22.3 Å². The van der Waals surface area contributed by atoms with Gasteiger partial charge in [0.15, 0.2) is 0 Å². The van der Waals surface area contributed by atoms with Crippen molar-refractivity contribution in [3.8, 4) is 5.75 Å². The number of carbonyl (C=O) groups is 1. The first-order valence-corrected chi connectivity index (χ1v) is 11.1. The Morgan fingerprint density at radius 3 is 2.35 bits per heavy atom. The minimum atomic E-state index is -4.05. The van der Waals surface area contributed by atoms with Crippen LogP contribution in [0.4, 0.5) is 10.1 Å². The Hall–Kier alpha value is -3.23. The van der Waals surface area contributed by atoms with Crippen LogP contribution in [-0.2, 0) is 27.8 Å². The lowest BCUT2D eigenvalue weighted by Crippen LogP contribution is -2.50. The highest BCUT2D eigenvalue weighted by Crippen LogP contribution is 2.31. The highest BCUT2D eigenvalue weighted by atomic mass is 32.2. The van der Waals surface area contributed by atoms with E-state index in [4.69, 9.17) is 4.74 Å². The number of halogens is 1. The van der Waals surface area contributed by atoms with E-state index in [0.717, 1.165) is 23.3 Å². The van der Waals surface area contributed by atoms with E-state index in [1.54, 1.807) is 24.3 Å². The molecule has 0 spiro atoms. The molecule has 3 aromatic rings. The van der Waals surface area contributed by atoms with Gasteiger partial charge >= 0.3 is 0 Å². The summed E-state index contributed by atoms with van der Waals surface area (Å²) in [6, 6.07) is 18.0. The molecule has 0 aliphatic carbocycles. The molecule has 0 fully saturated rings. The molecule has 1 aliphatic rings. The van der Waals surface area contributed by atoms with Crippen LogP contribution in [0.5, 0.6) is 5.75 Å². The summed E-state index contributed by atoms with van der Waals surface area (Å²) < 4.78 is 46.6. The summed E-state index contributed by atoms with van der Waals surface area (Å²) in [5, 5.41) is 2.79. The molecule has 0 saturated carbocycles. The monoisotopic (exact) mass is 440 g/mol. The van der Waals surface area contributed by atoms with Crippen LogP contribution in [0, 0.1) is 5.82 Å². The number of ether oxygens (including phenoxy) is 1. The van der Waals surface area contributed by atoms with Crippen LogP contribution >= 0.6 is 0 Å². The second-order valence-electron chi connectivity index (χ2n) is 7.18. The van der Waals surface area contributed by atoms with Crippen LogP contribution in [0.15, 0.2) is 77.7 Å². The van der Waals surface area contributed by atoms with Gasteiger partial charge in [-0.25, -0.2) is 12.8 Å². The van der Waals surface area contributed by atoms with E-state index < -0.39 is 27.8 Å². The third kappa shape index (κ3) is 4.17. The largest absolute Gasteiger partial charge is 0.495 e. The molecule has 1 heterocycles. The van der Waals surface area contributed by atoms with Gasteiger partial charge in [-0.2, -0.15) is 4.31 Å². The molecule has 160 valence electrons. The van der Waals surface area contributed by atoms with Crippen LogP contribution in [0.3, 0.4) is 0 Å². The molecule has 0 aromatic heterocycles. The van der Waals surface area contributed by atoms with Gasteiger partial charge in [0.2, 0.25) is 15.9 Å². The summed E-state index contributed by atoms with van der Waals surface area (Å²) in [4.78, 5) is 13.2. The van der Waals surface area contributed by atoms with Crippen molar-refractivity contribution in [2.24, 2.45) is 0 Å². The maximum absolute atomic E-state index is 13.4. The van der Waals surface area contributed by atoms with E-state index in [9.17, 15) is 17.6 Å². The predicted molar refractivity (Wildman–Crippen MR) is 115 cm³/mol. The number of anilines is 1. The third-order valence-electron chi connectivity index (χ3n) is 5.29. The number of para-hydroxylation sites is 2. The zero-order valence-electron chi connectivity index (χ0n) is 16.8. The molecule has 1 aliphatic heterocycles. The Bertz CT molecular complexity index is 1210. The molecule has 31 heavy (non-hydrogen) atoms. The summed E-state index contributed by atoms with van der Waals surface area (Å²) in [6.07, 6.45) is 0.220. The van der Waals surface area contributed by atoms with Crippen LogP contribution in [0.1, 0.15) is 11.1 Å². The number of rotatable bonds is 5. The Balaban J connectivity index is 1.72. The van der Waals surface area contributed by atoms with Crippen LogP contribution in [0.2, 0.25) is 0 Å². The van der Waals surface area contributed by atoms with Crippen molar-refractivity contribution in [1.29, 1.82) is 0 Å². The standard InChI is InChI=1S/C23H21FN2O4S/c1-30-22-9-5-4-8-20(22)25-23(27)21-14-16-6-2-3-7-17(16)15-26(21)31(28,29)19-12-10-18(24)11-13-19/h2-13,21H,14-15H2,1H3,(H,25,27)/t21-/m1/s1. The molecule has 8 heteroatoms. The molecular formula is C23H21FN2O4S. The van der Waals surface area contributed by atoms with Crippen molar-refractivity contribution in [2.75, 3.05) is 12.4 Å². The van der Waals surface area contributed by atoms with Crippen molar-refractivity contribution >= 4 is 21.6 Å². The number of benzene rings is 3. The Morgan fingerprint density at radius 1 is 1.00 bits per heavy atom. The van der Waals surface area contributed by atoms with Gasteiger partial charge in [0, 0.05) is 6.54 Å². The fourth-order valence-corrected chi connectivity index (χ4v) is 5.25. The first-order valence-electron chi connectivity index (χ1n) is 9.68. The number of hydrogen-bond donors (Lipinski definition) is 1. The van der Waals surface area contributed by atoms with Gasteiger partial charge < -0.3 is 10.1 Å². The molecule has 0 saturated heterocycles. The molecule has 0 bridgehead atoms. The molecule has 1 atom stereocenters. The fourth-order valence-electron chi connectivity index (χ4n) is 3.68. The SMILES string of the molecule is COc1ccccc1NC(=O)[C@H]1Cc2ccccc2CN1S(=O)(=O)c1ccc(F)cc1. The van der Waals surface area contributed by atoms with E-state index in [1.165, 1.54) is 23.5 Å². The molecule has 0 radical (unpaired) electrons. The van der Waals surface area contributed by atoms with Gasteiger partial charge in [0.25, 0.3) is 0 Å². The lowest BCUT2D eigenvalue weighted by Gasteiger charge is -2.35. The van der Waals surface area contributed by atoms with Gasteiger partial charge in [0.05, 0.1) is 17.7 Å². The minimum Gasteiger partial charge on any atom is -0.495 e. The van der Waals surface area contributed by atoms with E-state index in [-0.39, 0.29) is 17.9 Å². The highest BCUT2D eigenvalue weighted by Gasteiger charge is 2.39. The fraction of sp³-hybridized carbons (Fsp3) is 0.174. The van der Waals surface area contributed by atoms with E-state index in [0.29, 0.717) is 11.4 Å². The normalized spacial score (nSPS) is 16.4. The topological polar surface area (TPSA) is 75.7 Å². The number of nitrogens with one attached hydrogen (secondary N) is 1. The van der Waals surface area contributed by atoms with Crippen LogP contribution in [0.25, 0.3) is 0 Å². The average molecular weight is 440 g/mol. The lowest BCUT2D eigenvalue weighted by atomic mass is 9.95. The second-order valence-corrected chi connectivity index (χ2v) is 9.07. The molecule has 6 nitrogen and oxygen atoms in total. The summed E-state index contributed by atoms with van der Waals surface area (Å²) in [5.74, 6) is -0.530. The quantitative estimate of drug-likeness (QED) is 0.658. The first-order chi connectivity index (χ1) is 14.9. The van der Waals surface area contributed by atoms with Gasteiger partial charge in [-0.05, 0) is 53.9 Å². The van der Waals surface area contributed by atoms with Crippen LogP contribution < -0.4 is 10.1 Å². The average Bonchev–Trinajstić information content (AvgIpc) is 2.78.